The van der Waals surface area contributed by atoms with Crippen LogP contribution < -0.4 is 11.1 Å². The molecule has 1 heterocycles. The Hall–Kier alpha value is -0.750. The highest BCUT2D eigenvalue weighted by atomic mass is 35.5. The number of carbonyl (C=O) groups is 1. The van der Waals surface area contributed by atoms with E-state index in [-0.39, 0.29) is 30.7 Å². The van der Waals surface area contributed by atoms with Crippen LogP contribution in [0.1, 0.15) is 43.8 Å². The average Bonchev–Trinajstić information content (AvgIpc) is 2.82. The van der Waals surface area contributed by atoms with E-state index in [1.54, 1.807) is 6.07 Å². The van der Waals surface area contributed by atoms with Crippen LogP contribution in [0.4, 0.5) is 0 Å². The number of rotatable bonds is 7. The lowest BCUT2D eigenvalue weighted by Gasteiger charge is -2.30. The maximum absolute atomic E-state index is 11.9. The molecule has 0 aliphatic carbocycles. The van der Waals surface area contributed by atoms with E-state index in [9.17, 15) is 4.79 Å². The molecule has 0 aromatic carbocycles. The Bertz CT molecular complexity index is 401. The van der Waals surface area contributed by atoms with Crippen molar-refractivity contribution in [3.8, 4) is 0 Å². The lowest BCUT2D eigenvalue weighted by molar-refractivity contribution is 0.0939. The predicted octanol–water partition coefficient (Wildman–Crippen LogP) is 2.43. The topological polar surface area (TPSA) is 71.5 Å². The molecule has 1 amide bonds. The molecule has 124 valence electrons. The zero-order valence-corrected chi connectivity index (χ0v) is 14.7. The molecule has 0 saturated carbocycles. The van der Waals surface area contributed by atoms with Gasteiger partial charge in [-0.1, -0.05) is 0 Å². The molecule has 0 saturated heterocycles. The molecular weight excluding hydrogens is 313 g/mol. The van der Waals surface area contributed by atoms with E-state index in [4.69, 9.17) is 10.2 Å². The Kier molecular flexibility index (Phi) is 11.7. The van der Waals surface area contributed by atoms with Crippen molar-refractivity contribution in [1.29, 1.82) is 0 Å². The number of hydrogen-bond acceptors (Lipinski definition) is 4. The molecule has 0 unspecified atom stereocenters. The first-order valence-electron chi connectivity index (χ1n) is 6.77. The minimum absolute atomic E-state index is 0. The summed E-state index contributed by atoms with van der Waals surface area (Å²) < 4.78 is 5.14. The van der Waals surface area contributed by atoms with E-state index in [2.05, 4.69) is 37.9 Å². The standard InChI is InChI=1S/C14H25N3O2.2ClH/c1-10(2)17(11(3)4)6-5-16-14(18)12-7-13(8-15)19-9-12;;/h7,9-11H,5-6,8,15H2,1-4H3,(H,16,18);2*1H. The fourth-order valence-corrected chi connectivity index (χ4v) is 2.12. The smallest absolute Gasteiger partial charge is 0.254 e. The summed E-state index contributed by atoms with van der Waals surface area (Å²) in [6.07, 6.45) is 1.44. The molecule has 0 aliphatic rings. The molecule has 7 heteroatoms. The molecule has 0 fully saturated rings. The van der Waals surface area contributed by atoms with Crippen LogP contribution in [0.25, 0.3) is 0 Å². The molecule has 1 aromatic heterocycles. The fourth-order valence-electron chi connectivity index (χ4n) is 2.12. The van der Waals surface area contributed by atoms with Crippen molar-refractivity contribution in [2.24, 2.45) is 5.73 Å². The second-order valence-electron chi connectivity index (χ2n) is 5.19. The summed E-state index contributed by atoms with van der Waals surface area (Å²) in [4.78, 5) is 14.2. The van der Waals surface area contributed by atoms with Crippen molar-refractivity contribution in [3.05, 3.63) is 23.7 Å². The minimum atomic E-state index is -0.115. The van der Waals surface area contributed by atoms with Crippen LogP contribution in [0.15, 0.2) is 16.7 Å². The zero-order chi connectivity index (χ0) is 14.4. The van der Waals surface area contributed by atoms with Crippen molar-refractivity contribution in [1.82, 2.24) is 10.2 Å². The zero-order valence-electron chi connectivity index (χ0n) is 13.1. The molecule has 0 spiro atoms. The number of amides is 1. The first-order valence-corrected chi connectivity index (χ1v) is 6.77. The van der Waals surface area contributed by atoms with Gasteiger partial charge in [0, 0.05) is 25.2 Å². The largest absolute Gasteiger partial charge is 0.467 e. The summed E-state index contributed by atoms with van der Waals surface area (Å²) in [7, 11) is 0. The summed E-state index contributed by atoms with van der Waals surface area (Å²) in [5.41, 5.74) is 5.97. The summed E-state index contributed by atoms with van der Waals surface area (Å²) in [6, 6.07) is 2.61. The van der Waals surface area contributed by atoms with Crippen molar-refractivity contribution in [2.75, 3.05) is 13.1 Å². The normalized spacial score (nSPS) is 10.5. The monoisotopic (exact) mass is 339 g/mol. The molecule has 1 aromatic rings. The van der Waals surface area contributed by atoms with Gasteiger partial charge >= 0.3 is 0 Å². The van der Waals surface area contributed by atoms with Crippen molar-refractivity contribution >= 4 is 30.7 Å². The van der Waals surface area contributed by atoms with Crippen LogP contribution in [0.3, 0.4) is 0 Å². The molecule has 3 N–H and O–H groups in total. The molecule has 5 nitrogen and oxygen atoms in total. The van der Waals surface area contributed by atoms with Gasteiger partial charge in [0.2, 0.25) is 0 Å². The van der Waals surface area contributed by atoms with Gasteiger partial charge in [0.1, 0.15) is 12.0 Å². The van der Waals surface area contributed by atoms with Crippen LogP contribution in [-0.2, 0) is 6.54 Å². The third kappa shape index (κ3) is 7.18. The number of carbonyl (C=O) groups excluding carboxylic acids is 1. The molecule has 0 radical (unpaired) electrons. The summed E-state index contributed by atoms with van der Waals surface area (Å²) in [6.45, 7) is 10.4. The molecule has 0 aliphatic heterocycles. The number of nitrogens with two attached hydrogens (primary N) is 1. The third-order valence-electron chi connectivity index (χ3n) is 3.10. The van der Waals surface area contributed by atoms with E-state index in [0.29, 0.717) is 36.5 Å². The van der Waals surface area contributed by atoms with E-state index in [0.717, 1.165) is 6.54 Å². The number of halogens is 2. The Morgan fingerprint density at radius 1 is 1.29 bits per heavy atom. The Morgan fingerprint density at radius 2 is 1.86 bits per heavy atom. The van der Waals surface area contributed by atoms with E-state index in [1.165, 1.54) is 6.26 Å². The van der Waals surface area contributed by atoms with Crippen LogP contribution in [0, 0.1) is 0 Å². The number of furan rings is 1. The first kappa shape index (κ1) is 22.5. The maximum Gasteiger partial charge on any atom is 0.254 e. The van der Waals surface area contributed by atoms with E-state index < -0.39 is 0 Å². The van der Waals surface area contributed by atoms with Crippen molar-refractivity contribution in [3.63, 3.8) is 0 Å². The lowest BCUT2D eigenvalue weighted by Crippen LogP contribution is -2.42. The summed E-state index contributed by atoms with van der Waals surface area (Å²) in [5, 5.41) is 2.90. The average molecular weight is 340 g/mol. The summed E-state index contributed by atoms with van der Waals surface area (Å²) >= 11 is 0. The van der Waals surface area contributed by atoms with Gasteiger partial charge in [-0.2, -0.15) is 0 Å². The fraction of sp³-hybridized carbons (Fsp3) is 0.643. The van der Waals surface area contributed by atoms with Gasteiger partial charge in [-0.15, -0.1) is 24.8 Å². The van der Waals surface area contributed by atoms with Gasteiger partial charge in [0.25, 0.3) is 5.91 Å². The second-order valence-corrected chi connectivity index (χ2v) is 5.19. The van der Waals surface area contributed by atoms with Crippen molar-refractivity contribution < 1.29 is 9.21 Å². The van der Waals surface area contributed by atoms with Crippen molar-refractivity contribution in [2.45, 2.75) is 46.3 Å². The highest BCUT2D eigenvalue weighted by molar-refractivity contribution is 5.93. The highest BCUT2D eigenvalue weighted by Crippen LogP contribution is 2.07. The Balaban J connectivity index is 0. The second kappa shape index (κ2) is 10.9. The van der Waals surface area contributed by atoms with Gasteiger partial charge in [0.05, 0.1) is 12.1 Å². The first-order chi connectivity index (χ1) is 8.95. The van der Waals surface area contributed by atoms with Crippen LogP contribution in [-0.4, -0.2) is 36.0 Å². The van der Waals surface area contributed by atoms with E-state index >= 15 is 0 Å². The molecule has 0 bridgehead atoms. The minimum Gasteiger partial charge on any atom is -0.467 e. The van der Waals surface area contributed by atoms with E-state index in [1.807, 2.05) is 0 Å². The Morgan fingerprint density at radius 3 is 2.29 bits per heavy atom. The number of nitrogens with zero attached hydrogens (tertiary/aromatic N) is 1. The molecular formula is C14H27Cl2N3O2. The third-order valence-corrected chi connectivity index (χ3v) is 3.10. The van der Waals surface area contributed by atoms with Gasteiger partial charge in [0.15, 0.2) is 0 Å². The van der Waals surface area contributed by atoms with Crippen LogP contribution >= 0.6 is 24.8 Å². The predicted molar refractivity (Wildman–Crippen MR) is 90.4 cm³/mol. The maximum atomic E-state index is 11.9. The Labute approximate surface area is 139 Å². The molecule has 1 rings (SSSR count). The number of nitrogens with one attached hydrogen (secondary N) is 1. The summed E-state index contributed by atoms with van der Waals surface area (Å²) in [5.74, 6) is 0.507. The van der Waals surface area contributed by atoms with Crippen LogP contribution in [0.5, 0.6) is 0 Å². The van der Waals surface area contributed by atoms with Gasteiger partial charge in [-0.3, -0.25) is 9.69 Å². The lowest BCUT2D eigenvalue weighted by atomic mass is 10.2. The molecule has 0 atom stereocenters. The number of hydrogen-bond donors (Lipinski definition) is 2. The molecule has 21 heavy (non-hydrogen) atoms. The van der Waals surface area contributed by atoms with Gasteiger partial charge in [-0.25, -0.2) is 0 Å². The van der Waals surface area contributed by atoms with Gasteiger partial charge in [-0.05, 0) is 33.8 Å². The van der Waals surface area contributed by atoms with Crippen LogP contribution in [0.2, 0.25) is 0 Å². The SMILES string of the molecule is CC(C)N(CCNC(=O)c1coc(CN)c1)C(C)C.Cl.Cl. The quantitative estimate of drug-likeness (QED) is 0.800. The van der Waals surface area contributed by atoms with Gasteiger partial charge < -0.3 is 15.5 Å². The highest BCUT2D eigenvalue weighted by Gasteiger charge is 2.14.